The van der Waals surface area contributed by atoms with Crippen molar-refractivity contribution in [2.45, 2.75) is 19.5 Å². The van der Waals surface area contributed by atoms with Crippen LogP contribution in [0.25, 0.3) is 0 Å². The van der Waals surface area contributed by atoms with E-state index < -0.39 is 18.5 Å². The van der Waals surface area contributed by atoms with Gasteiger partial charge in [-0.05, 0) is 30.7 Å². The van der Waals surface area contributed by atoms with Gasteiger partial charge in [-0.25, -0.2) is 0 Å². The van der Waals surface area contributed by atoms with E-state index in [1.54, 1.807) is 6.92 Å². The van der Waals surface area contributed by atoms with Crippen LogP contribution in [0.5, 0.6) is 5.75 Å². The molecule has 0 saturated heterocycles. The highest BCUT2D eigenvalue weighted by Gasteiger charge is 2.31. The van der Waals surface area contributed by atoms with Gasteiger partial charge < -0.3 is 10.4 Å². The van der Waals surface area contributed by atoms with Crippen LogP contribution in [0.3, 0.4) is 0 Å². The molecule has 0 aliphatic carbocycles. The minimum Gasteiger partial charge on any atom is -0.508 e. The van der Waals surface area contributed by atoms with Gasteiger partial charge in [-0.3, -0.25) is 4.79 Å². The van der Waals surface area contributed by atoms with E-state index in [2.05, 4.69) is 5.32 Å². The number of hydrogen-bond donors (Lipinski definition) is 2. The van der Waals surface area contributed by atoms with Crippen LogP contribution in [-0.4, -0.2) is 17.2 Å². The molecule has 16 heavy (non-hydrogen) atoms. The lowest BCUT2D eigenvalue weighted by molar-refractivity contribution is -0.150. The Hall–Kier alpha value is -1.72. The number of carbonyl (C=O) groups is 1. The van der Waals surface area contributed by atoms with Gasteiger partial charge >= 0.3 is 6.18 Å². The molecule has 0 unspecified atom stereocenters. The highest BCUT2D eigenvalue weighted by molar-refractivity contribution is 5.91. The van der Waals surface area contributed by atoms with Gasteiger partial charge in [-0.15, -0.1) is 0 Å². The SMILES string of the molecule is Cc1cc(NC(=O)CC(F)(F)F)ccc1O. The first-order valence-electron chi connectivity index (χ1n) is 4.44. The van der Waals surface area contributed by atoms with E-state index in [-0.39, 0.29) is 11.4 Å². The second-order valence-corrected chi connectivity index (χ2v) is 3.34. The van der Waals surface area contributed by atoms with Gasteiger partial charge in [0.1, 0.15) is 12.2 Å². The highest BCUT2D eigenvalue weighted by atomic mass is 19.4. The smallest absolute Gasteiger partial charge is 0.397 e. The van der Waals surface area contributed by atoms with Crippen LogP contribution in [0.2, 0.25) is 0 Å². The number of nitrogens with one attached hydrogen (secondary N) is 1. The third-order valence-corrected chi connectivity index (χ3v) is 1.84. The number of carbonyl (C=O) groups excluding carboxylic acids is 1. The molecule has 0 fully saturated rings. The van der Waals surface area contributed by atoms with Crippen molar-refractivity contribution >= 4 is 11.6 Å². The largest absolute Gasteiger partial charge is 0.508 e. The Morgan fingerprint density at radius 3 is 2.56 bits per heavy atom. The van der Waals surface area contributed by atoms with Crippen LogP contribution in [0.15, 0.2) is 18.2 Å². The normalized spacial score (nSPS) is 11.2. The van der Waals surface area contributed by atoms with Crippen molar-refractivity contribution in [2.24, 2.45) is 0 Å². The second kappa shape index (κ2) is 4.42. The topological polar surface area (TPSA) is 49.3 Å². The molecule has 0 spiro atoms. The van der Waals surface area contributed by atoms with Crippen molar-refractivity contribution in [3.63, 3.8) is 0 Å². The Balaban J connectivity index is 2.67. The Morgan fingerprint density at radius 2 is 2.06 bits per heavy atom. The van der Waals surface area contributed by atoms with E-state index in [9.17, 15) is 23.1 Å². The summed E-state index contributed by atoms with van der Waals surface area (Å²) in [6, 6.07) is 4.03. The molecule has 0 aliphatic rings. The van der Waals surface area contributed by atoms with Crippen molar-refractivity contribution in [1.29, 1.82) is 0 Å². The molecule has 1 amide bonds. The van der Waals surface area contributed by atoms with E-state index >= 15 is 0 Å². The Labute approximate surface area is 89.9 Å². The molecular weight excluding hydrogens is 223 g/mol. The lowest BCUT2D eigenvalue weighted by atomic mass is 10.2. The summed E-state index contributed by atoms with van der Waals surface area (Å²) in [6.45, 7) is 1.58. The maximum atomic E-state index is 11.9. The Kier molecular flexibility index (Phi) is 3.41. The molecular formula is C10H10F3NO2. The van der Waals surface area contributed by atoms with Crippen LogP contribution in [0.4, 0.5) is 18.9 Å². The van der Waals surface area contributed by atoms with Crippen LogP contribution in [0.1, 0.15) is 12.0 Å². The molecule has 6 heteroatoms. The summed E-state index contributed by atoms with van der Waals surface area (Å²) in [6.07, 6.45) is -6.04. The summed E-state index contributed by atoms with van der Waals surface area (Å²) in [7, 11) is 0. The molecule has 3 nitrogen and oxygen atoms in total. The Morgan fingerprint density at radius 1 is 1.44 bits per heavy atom. The zero-order chi connectivity index (χ0) is 12.3. The second-order valence-electron chi connectivity index (χ2n) is 3.34. The molecule has 0 atom stereocenters. The number of hydrogen-bond acceptors (Lipinski definition) is 2. The predicted octanol–water partition coefficient (Wildman–Crippen LogP) is 2.59. The fraction of sp³-hybridized carbons (Fsp3) is 0.300. The molecule has 0 aliphatic heterocycles. The van der Waals surface area contributed by atoms with Crippen LogP contribution < -0.4 is 5.32 Å². The van der Waals surface area contributed by atoms with Crippen LogP contribution >= 0.6 is 0 Å². The maximum absolute atomic E-state index is 11.9. The summed E-state index contributed by atoms with van der Waals surface area (Å²) < 4.78 is 35.6. The third-order valence-electron chi connectivity index (χ3n) is 1.84. The van der Waals surface area contributed by atoms with Gasteiger partial charge in [0.05, 0.1) is 0 Å². The number of aryl methyl sites for hydroxylation is 1. The number of alkyl halides is 3. The maximum Gasteiger partial charge on any atom is 0.397 e. The zero-order valence-electron chi connectivity index (χ0n) is 8.43. The molecule has 1 aromatic rings. The minimum atomic E-state index is -4.52. The number of benzene rings is 1. The standard InChI is InChI=1S/C10H10F3NO2/c1-6-4-7(2-3-8(6)15)14-9(16)5-10(11,12)13/h2-4,15H,5H2,1H3,(H,14,16). The van der Waals surface area contributed by atoms with Crippen molar-refractivity contribution < 1.29 is 23.1 Å². The van der Waals surface area contributed by atoms with Gasteiger partial charge in [0.2, 0.25) is 5.91 Å². The monoisotopic (exact) mass is 233 g/mol. The number of anilines is 1. The summed E-state index contributed by atoms with van der Waals surface area (Å²) >= 11 is 0. The Bertz CT molecular complexity index is 402. The van der Waals surface area contributed by atoms with Crippen molar-refractivity contribution in [2.75, 3.05) is 5.32 Å². The summed E-state index contributed by atoms with van der Waals surface area (Å²) in [5.74, 6) is -1.11. The third kappa shape index (κ3) is 3.80. The molecule has 0 heterocycles. The van der Waals surface area contributed by atoms with Crippen molar-refractivity contribution in [3.8, 4) is 5.75 Å². The van der Waals surface area contributed by atoms with Gasteiger partial charge in [0.15, 0.2) is 0 Å². The van der Waals surface area contributed by atoms with E-state index in [0.717, 1.165) is 0 Å². The summed E-state index contributed by atoms with van der Waals surface area (Å²) in [5, 5.41) is 11.3. The molecule has 1 rings (SSSR count). The minimum absolute atomic E-state index is 0.0221. The molecule has 88 valence electrons. The number of phenols is 1. The van der Waals surface area contributed by atoms with E-state index in [4.69, 9.17) is 0 Å². The van der Waals surface area contributed by atoms with E-state index in [1.807, 2.05) is 0 Å². The summed E-state index contributed by atoms with van der Waals surface area (Å²) in [5.41, 5.74) is 0.703. The predicted molar refractivity (Wildman–Crippen MR) is 52.1 cm³/mol. The molecule has 1 aromatic carbocycles. The fourth-order valence-electron chi connectivity index (χ4n) is 1.12. The highest BCUT2D eigenvalue weighted by Crippen LogP contribution is 2.23. The molecule has 0 bridgehead atoms. The van der Waals surface area contributed by atoms with Crippen LogP contribution in [-0.2, 0) is 4.79 Å². The van der Waals surface area contributed by atoms with E-state index in [1.165, 1.54) is 18.2 Å². The first-order chi connectivity index (χ1) is 7.28. The van der Waals surface area contributed by atoms with E-state index in [0.29, 0.717) is 5.56 Å². The lowest BCUT2D eigenvalue weighted by Crippen LogP contribution is -2.21. The molecule has 0 aromatic heterocycles. The van der Waals surface area contributed by atoms with Gasteiger partial charge in [0, 0.05) is 5.69 Å². The van der Waals surface area contributed by atoms with Crippen molar-refractivity contribution in [1.82, 2.24) is 0 Å². The van der Waals surface area contributed by atoms with Gasteiger partial charge in [0.25, 0.3) is 0 Å². The van der Waals surface area contributed by atoms with Gasteiger partial charge in [-0.2, -0.15) is 13.2 Å². The van der Waals surface area contributed by atoms with Gasteiger partial charge in [-0.1, -0.05) is 0 Å². The molecule has 0 saturated carbocycles. The number of rotatable bonds is 2. The lowest BCUT2D eigenvalue weighted by Gasteiger charge is -2.08. The fourth-order valence-corrected chi connectivity index (χ4v) is 1.12. The zero-order valence-corrected chi connectivity index (χ0v) is 8.43. The first kappa shape index (κ1) is 12.4. The molecule has 0 radical (unpaired) electrons. The van der Waals surface area contributed by atoms with Crippen LogP contribution in [0, 0.1) is 6.92 Å². The number of phenolic OH excluding ortho intramolecular Hbond substituents is 1. The average Bonchev–Trinajstić information content (AvgIpc) is 2.08. The number of aromatic hydroxyl groups is 1. The number of halogens is 3. The van der Waals surface area contributed by atoms with Crippen molar-refractivity contribution in [3.05, 3.63) is 23.8 Å². The molecule has 2 N–H and O–H groups in total. The summed E-state index contributed by atoms with van der Waals surface area (Å²) in [4.78, 5) is 10.9. The number of amides is 1. The average molecular weight is 233 g/mol. The quantitative estimate of drug-likeness (QED) is 0.771. The first-order valence-corrected chi connectivity index (χ1v) is 4.44.